The normalized spacial score (nSPS) is 16.0. The van der Waals surface area contributed by atoms with Gasteiger partial charge in [0.15, 0.2) is 17.2 Å². The molecule has 2 aliphatic heterocycles. The van der Waals surface area contributed by atoms with Crippen LogP contribution in [0.25, 0.3) is 0 Å². The molecule has 2 fully saturated rings. The summed E-state index contributed by atoms with van der Waals surface area (Å²) in [6.45, 7) is 4.54. The predicted molar refractivity (Wildman–Crippen MR) is 187 cm³/mol. The Morgan fingerprint density at radius 2 is 1.51 bits per heavy atom. The van der Waals surface area contributed by atoms with E-state index in [0.717, 1.165) is 18.8 Å². The number of para-hydroxylation sites is 2. The first-order valence-corrected chi connectivity index (χ1v) is 17.8. The number of nitrogens with one attached hydrogen (secondary N) is 2. The van der Waals surface area contributed by atoms with Gasteiger partial charge in [0.2, 0.25) is 0 Å². The highest BCUT2D eigenvalue weighted by atomic mass is 35.5. The quantitative estimate of drug-likeness (QED) is 0.178. The number of hydrogen-bond donors (Lipinski definition) is 2. The Balaban J connectivity index is 1.05. The maximum absolute atomic E-state index is 13.3. The topological polar surface area (TPSA) is 100 Å². The van der Waals surface area contributed by atoms with E-state index in [2.05, 4.69) is 19.8 Å². The van der Waals surface area contributed by atoms with E-state index >= 15 is 0 Å². The smallest absolute Gasteiger partial charge is 0.262 e. The molecule has 2 saturated heterocycles. The van der Waals surface area contributed by atoms with Gasteiger partial charge >= 0.3 is 0 Å². The first kappa shape index (κ1) is 32.7. The molecule has 1 amide bonds. The average Bonchev–Trinajstić information content (AvgIpc) is 3.10. The summed E-state index contributed by atoms with van der Waals surface area (Å²) >= 11 is 6.06. The number of piperidine rings is 2. The Labute approximate surface area is 281 Å². The molecule has 47 heavy (non-hydrogen) atoms. The number of amides is 1. The Hall–Kier alpha value is -4.25. The molecule has 0 spiro atoms. The number of hydrogen-bond acceptors (Lipinski definition) is 7. The van der Waals surface area contributed by atoms with Gasteiger partial charge in [0.05, 0.1) is 17.7 Å². The fourth-order valence-corrected chi connectivity index (χ4v) is 7.44. The minimum atomic E-state index is -4.00. The molecule has 4 aromatic rings. The summed E-state index contributed by atoms with van der Waals surface area (Å²) in [5, 5.41) is 3.39. The van der Waals surface area contributed by atoms with Gasteiger partial charge < -0.3 is 24.6 Å². The van der Waals surface area contributed by atoms with Gasteiger partial charge in [-0.1, -0.05) is 30.2 Å². The molecule has 0 aromatic heterocycles. The number of methoxy groups -OCH3 is 1. The fourth-order valence-electron chi connectivity index (χ4n) is 6.20. The zero-order chi connectivity index (χ0) is 32.8. The number of rotatable bonds is 10. The molecule has 0 atom stereocenters. The molecule has 2 aliphatic rings. The first-order chi connectivity index (χ1) is 22.8. The number of nitrogens with zero attached hydrogens (tertiary/aromatic N) is 2. The fraction of sp³-hybridized carbons (Fsp3) is 0.306. The Bertz CT molecular complexity index is 1790. The van der Waals surface area contributed by atoms with Crippen molar-refractivity contribution in [2.24, 2.45) is 0 Å². The lowest BCUT2D eigenvalue weighted by Gasteiger charge is -2.41. The van der Waals surface area contributed by atoms with Crippen LogP contribution in [0.2, 0.25) is 5.02 Å². The van der Waals surface area contributed by atoms with Crippen molar-refractivity contribution < 1.29 is 22.7 Å². The van der Waals surface area contributed by atoms with E-state index in [4.69, 9.17) is 21.1 Å². The van der Waals surface area contributed by atoms with Gasteiger partial charge in [0.25, 0.3) is 15.9 Å². The first-order valence-electron chi connectivity index (χ1n) is 15.9. The van der Waals surface area contributed by atoms with Crippen LogP contribution in [0.4, 0.5) is 17.1 Å². The van der Waals surface area contributed by atoms with Crippen LogP contribution in [0.15, 0.2) is 95.9 Å². The molecule has 2 N–H and O–H groups in total. The van der Waals surface area contributed by atoms with Crippen molar-refractivity contribution in [1.82, 2.24) is 4.90 Å². The van der Waals surface area contributed by atoms with Crippen LogP contribution in [-0.2, 0) is 10.0 Å². The summed E-state index contributed by atoms with van der Waals surface area (Å²) < 4.78 is 40.5. The van der Waals surface area contributed by atoms with E-state index in [1.54, 1.807) is 42.5 Å². The molecule has 9 nitrogen and oxygen atoms in total. The van der Waals surface area contributed by atoms with Crippen LogP contribution in [0.3, 0.4) is 0 Å². The Kier molecular flexibility index (Phi) is 10.2. The lowest BCUT2D eigenvalue weighted by molar-refractivity contribution is 0.102. The third-order valence-electron chi connectivity index (χ3n) is 8.77. The van der Waals surface area contributed by atoms with Crippen LogP contribution >= 0.6 is 11.6 Å². The van der Waals surface area contributed by atoms with E-state index in [1.807, 2.05) is 24.3 Å². The molecule has 0 saturated carbocycles. The molecule has 0 radical (unpaired) electrons. The van der Waals surface area contributed by atoms with E-state index < -0.39 is 10.0 Å². The molecular formula is C36H39ClN4O5S. The highest BCUT2D eigenvalue weighted by molar-refractivity contribution is 7.92. The molecule has 4 aromatic carbocycles. The summed E-state index contributed by atoms with van der Waals surface area (Å²) in [5.41, 5.74) is 2.41. The van der Waals surface area contributed by atoms with Gasteiger partial charge in [-0.2, -0.15) is 0 Å². The summed E-state index contributed by atoms with van der Waals surface area (Å²) in [6.07, 6.45) is 6.36. The molecule has 2 heterocycles. The maximum atomic E-state index is 13.3. The number of ether oxygens (including phenoxy) is 2. The van der Waals surface area contributed by atoms with Crippen molar-refractivity contribution in [3.05, 3.63) is 102 Å². The summed E-state index contributed by atoms with van der Waals surface area (Å²) in [6, 6.07) is 26.0. The van der Waals surface area contributed by atoms with Gasteiger partial charge in [-0.05, 0) is 112 Å². The van der Waals surface area contributed by atoms with Gasteiger partial charge in [0.1, 0.15) is 0 Å². The van der Waals surface area contributed by atoms with Gasteiger partial charge in [0, 0.05) is 47.2 Å². The maximum Gasteiger partial charge on any atom is 0.262 e. The lowest BCUT2D eigenvalue weighted by atomic mass is 9.99. The molecule has 0 aliphatic carbocycles. The van der Waals surface area contributed by atoms with Crippen LogP contribution < -0.4 is 24.4 Å². The molecule has 0 unspecified atom stereocenters. The van der Waals surface area contributed by atoms with E-state index in [9.17, 15) is 13.2 Å². The van der Waals surface area contributed by atoms with Crippen molar-refractivity contribution in [2.75, 3.05) is 48.2 Å². The Morgan fingerprint density at radius 3 is 2.21 bits per heavy atom. The van der Waals surface area contributed by atoms with Crippen molar-refractivity contribution in [1.29, 1.82) is 0 Å². The number of carbonyl (C=O) groups excluding carboxylic acids is 1. The van der Waals surface area contributed by atoms with Crippen LogP contribution in [0.5, 0.6) is 17.2 Å². The molecular weight excluding hydrogens is 636 g/mol. The minimum absolute atomic E-state index is 0.00124. The van der Waals surface area contributed by atoms with Crippen molar-refractivity contribution in [2.45, 2.75) is 43.0 Å². The van der Waals surface area contributed by atoms with Gasteiger partial charge in [-0.15, -0.1) is 0 Å². The average molecular weight is 675 g/mol. The number of halogens is 1. The second-order valence-electron chi connectivity index (χ2n) is 11.8. The van der Waals surface area contributed by atoms with E-state index in [-0.39, 0.29) is 22.2 Å². The second kappa shape index (κ2) is 14.7. The van der Waals surface area contributed by atoms with Gasteiger partial charge in [-0.25, -0.2) is 8.42 Å². The second-order valence-corrected chi connectivity index (χ2v) is 14.0. The standard InChI is InChI=1S/C36H39ClN4O5S/c1-45-35-25-27(37)11-18-34(35)46-33-8-4-3-7-32(33)39-47(43,44)31-16-9-26(10-17-31)36(42)38-28-12-14-29(15-13-28)41-23-19-30(20-24-41)40-21-5-2-6-22-40/h3-4,7-18,25,30,39H,2,5-6,19-24H2,1H3,(H,38,42). The SMILES string of the molecule is COc1cc(Cl)ccc1Oc1ccccc1NS(=O)(=O)c1ccc(C(=O)Nc2ccc(N3CCC(N4CCCCC4)CC3)cc2)cc1. The minimum Gasteiger partial charge on any atom is -0.493 e. The number of carbonyl (C=O) groups is 1. The third-order valence-corrected chi connectivity index (χ3v) is 10.4. The van der Waals surface area contributed by atoms with Gasteiger partial charge in [-0.3, -0.25) is 9.52 Å². The highest BCUT2D eigenvalue weighted by Crippen LogP contribution is 2.37. The Morgan fingerprint density at radius 1 is 0.809 bits per heavy atom. The largest absolute Gasteiger partial charge is 0.493 e. The molecule has 0 bridgehead atoms. The summed E-state index contributed by atoms with van der Waals surface area (Å²) in [5.74, 6) is 0.734. The van der Waals surface area contributed by atoms with Crippen LogP contribution in [0, 0.1) is 0 Å². The predicted octanol–water partition coefficient (Wildman–Crippen LogP) is 7.65. The number of anilines is 3. The lowest BCUT2D eigenvalue weighted by Crippen LogP contribution is -2.46. The monoisotopic (exact) mass is 674 g/mol. The molecule has 6 rings (SSSR count). The molecule has 11 heteroatoms. The highest BCUT2D eigenvalue weighted by Gasteiger charge is 2.26. The van der Waals surface area contributed by atoms with Crippen molar-refractivity contribution in [3.8, 4) is 17.2 Å². The third kappa shape index (κ3) is 8.01. The van der Waals surface area contributed by atoms with Crippen LogP contribution in [-0.4, -0.2) is 58.6 Å². The zero-order valence-electron chi connectivity index (χ0n) is 26.3. The zero-order valence-corrected chi connectivity index (χ0v) is 27.9. The summed E-state index contributed by atoms with van der Waals surface area (Å²) in [4.78, 5) is 18.1. The number of likely N-dealkylation sites (tertiary alicyclic amines) is 1. The number of sulfonamides is 1. The van der Waals surface area contributed by atoms with Crippen molar-refractivity contribution in [3.63, 3.8) is 0 Å². The number of benzene rings is 4. The van der Waals surface area contributed by atoms with Crippen molar-refractivity contribution >= 4 is 44.6 Å². The summed E-state index contributed by atoms with van der Waals surface area (Å²) in [7, 11) is -2.51. The van der Waals surface area contributed by atoms with Crippen LogP contribution in [0.1, 0.15) is 42.5 Å². The molecule has 246 valence electrons. The van der Waals surface area contributed by atoms with E-state index in [0.29, 0.717) is 33.8 Å². The van der Waals surface area contributed by atoms with E-state index in [1.165, 1.54) is 76.6 Å².